The van der Waals surface area contributed by atoms with Gasteiger partial charge in [-0.25, -0.2) is 0 Å². The summed E-state index contributed by atoms with van der Waals surface area (Å²) in [5, 5.41) is 12.9. The van der Waals surface area contributed by atoms with Gasteiger partial charge in [-0.2, -0.15) is 0 Å². The zero-order valence-electron chi connectivity index (χ0n) is 11.6. The zero-order valence-corrected chi connectivity index (χ0v) is 13.2. The number of aliphatic hydroxyl groups is 1. The molecule has 0 fully saturated rings. The molecule has 0 aromatic heterocycles. The fourth-order valence-corrected chi connectivity index (χ4v) is 2.98. The van der Waals surface area contributed by atoms with Gasteiger partial charge in [-0.05, 0) is 56.0 Å². The molecule has 0 aliphatic rings. The molecule has 0 saturated carbocycles. The van der Waals surface area contributed by atoms with Crippen LogP contribution in [-0.2, 0) is 0 Å². The molecule has 3 rings (SSSR count). The lowest BCUT2D eigenvalue weighted by Gasteiger charge is -2.14. The van der Waals surface area contributed by atoms with Crippen molar-refractivity contribution in [3.05, 3.63) is 76.3 Å². The molecule has 2 nitrogen and oxygen atoms in total. The van der Waals surface area contributed by atoms with Crippen LogP contribution in [0.2, 0.25) is 0 Å². The molecule has 0 heterocycles. The first-order chi connectivity index (χ1) is 10.2. The van der Waals surface area contributed by atoms with Crippen molar-refractivity contribution in [2.45, 2.75) is 6.10 Å². The average molecular weight is 343 g/mol. The van der Waals surface area contributed by atoms with Gasteiger partial charge in [0.1, 0.15) is 11.9 Å². The molecule has 0 bridgehead atoms. The first-order valence-electron chi connectivity index (χ1n) is 6.69. The Bertz CT molecular complexity index is 783. The van der Waals surface area contributed by atoms with E-state index < -0.39 is 6.10 Å². The van der Waals surface area contributed by atoms with Crippen LogP contribution in [0.15, 0.2) is 65.1 Å². The maximum Gasteiger partial charge on any atom is 0.133 e. The molecule has 1 N–H and O–H groups in total. The molecule has 3 aromatic rings. The second-order valence-electron chi connectivity index (χ2n) is 4.90. The molecule has 0 spiro atoms. The Morgan fingerprint density at radius 2 is 1.57 bits per heavy atom. The number of hydrogen-bond acceptors (Lipinski definition) is 2. The predicted octanol–water partition coefficient (Wildman–Crippen LogP) is 4.69. The first-order valence-corrected chi connectivity index (χ1v) is 7.48. The minimum atomic E-state index is -0.656. The lowest BCUT2D eigenvalue weighted by molar-refractivity contribution is 0.220. The lowest BCUT2D eigenvalue weighted by Crippen LogP contribution is -2.00. The number of fused-ring (bicyclic) bond motifs is 1. The van der Waals surface area contributed by atoms with E-state index in [-0.39, 0.29) is 0 Å². The first kappa shape index (κ1) is 14.1. The van der Waals surface area contributed by atoms with E-state index in [4.69, 9.17) is 4.74 Å². The van der Waals surface area contributed by atoms with E-state index >= 15 is 0 Å². The van der Waals surface area contributed by atoms with Gasteiger partial charge in [-0.15, -0.1) is 0 Å². The molecule has 0 aliphatic carbocycles. The molecule has 3 heteroatoms. The molecule has 21 heavy (non-hydrogen) atoms. The van der Waals surface area contributed by atoms with E-state index in [9.17, 15) is 5.11 Å². The van der Waals surface area contributed by atoms with Gasteiger partial charge in [0.2, 0.25) is 0 Å². The Balaban J connectivity index is 1.99. The summed E-state index contributed by atoms with van der Waals surface area (Å²) in [6, 6.07) is 19.8. The van der Waals surface area contributed by atoms with Crippen molar-refractivity contribution >= 4 is 26.7 Å². The zero-order chi connectivity index (χ0) is 14.8. The van der Waals surface area contributed by atoms with Crippen molar-refractivity contribution in [1.29, 1.82) is 0 Å². The van der Waals surface area contributed by atoms with Crippen molar-refractivity contribution in [2.24, 2.45) is 0 Å². The van der Waals surface area contributed by atoms with Crippen LogP contribution < -0.4 is 4.74 Å². The van der Waals surface area contributed by atoms with Crippen LogP contribution in [0, 0.1) is 0 Å². The monoisotopic (exact) mass is 342 g/mol. The van der Waals surface area contributed by atoms with Gasteiger partial charge in [-0.3, -0.25) is 0 Å². The largest absolute Gasteiger partial charge is 0.496 e. The van der Waals surface area contributed by atoms with Crippen molar-refractivity contribution in [1.82, 2.24) is 0 Å². The van der Waals surface area contributed by atoms with Crippen molar-refractivity contribution in [3.63, 3.8) is 0 Å². The summed E-state index contributed by atoms with van der Waals surface area (Å²) in [5.41, 5.74) is 1.71. The van der Waals surface area contributed by atoms with E-state index in [2.05, 4.69) is 28.1 Å². The van der Waals surface area contributed by atoms with E-state index in [1.54, 1.807) is 7.11 Å². The van der Waals surface area contributed by atoms with Gasteiger partial charge in [0.05, 0.1) is 11.6 Å². The van der Waals surface area contributed by atoms with Gasteiger partial charge in [-0.1, -0.05) is 42.5 Å². The summed E-state index contributed by atoms with van der Waals surface area (Å²) in [6.07, 6.45) is -0.656. The summed E-state index contributed by atoms with van der Waals surface area (Å²) < 4.78 is 6.05. The Kier molecular flexibility index (Phi) is 3.95. The highest BCUT2D eigenvalue weighted by Gasteiger charge is 2.12. The maximum absolute atomic E-state index is 10.6. The Morgan fingerprint density at radius 1 is 0.905 bits per heavy atom. The van der Waals surface area contributed by atoms with Crippen LogP contribution in [-0.4, -0.2) is 12.2 Å². The lowest BCUT2D eigenvalue weighted by atomic mass is 9.98. The maximum atomic E-state index is 10.6. The molecule has 106 valence electrons. The van der Waals surface area contributed by atoms with Gasteiger partial charge >= 0.3 is 0 Å². The Labute approximate surface area is 132 Å². The van der Waals surface area contributed by atoms with Gasteiger partial charge < -0.3 is 9.84 Å². The van der Waals surface area contributed by atoms with Crippen LogP contribution in [0.25, 0.3) is 10.8 Å². The SMILES string of the molecule is COc1ccc(C(O)c2ccc3ccccc3c2)cc1Br. The fourth-order valence-electron chi connectivity index (χ4n) is 2.42. The number of benzene rings is 3. The second kappa shape index (κ2) is 5.88. The number of hydrogen-bond donors (Lipinski definition) is 1. The summed E-state index contributed by atoms with van der Waals surface area (Å²) in [4.78, 5) is 0. The second-order valence-corrected chi connectivity index (χ2v) is 5.76. The molecule has 0 saturated heterocycles. The third kappa shape index (κ3) is 2.80. The molecular weight excluding hydrogens is 328 g/mol. The van der Waals surface area contributed by atoms with Crippen molar-refractivity contribution in [2.75, 3.05) is 7.11 Å². The topological polar surface area (TPSA) is 29.5 Å². The van der Waals surface area contributed by atoms with Gasteiger partial charge in [0.15, 0.2) is 0 Å². The molecule has 0 aliphatic heterocycles. The van der Waals surface area contributed by atoms with Crippen molar-refractivity contribution < 1.29 is 9.84 Å². The van der Waals surface area contributed by atoms with Crippen LogP contribution in [0.5, 0.6) is 5.75 Å². The fraction of sp³-hybridized carbons (Fsp3) is 0.111. The smallest absolute Gasteiger partial charge is 0.133 e. The number of rotatable bonds is 3. The normalized spacial score (nSPS) is 12.3. The van der Waals surface area contributed by atoms with Gasteiger partial charge in [0, 0.05) is 0 Å². The standard InChI is InChI=1S/C18H15BrO2/c1-21-17-9-8-15(11-16(17)19)18(20)14-7-6-12-4-2-3-5-13(12)10-14/h2-11,18,20H,1H3. The third-order valence-electron chi connectivity index (χ3n) is 3.58. The number of ether oxygens (including phenoxy) is 1. The minimum absolute atomic E-state index is 0.656. The minimum Gasteiger partial charge on any atom is -0.496 e. The molecule has 1 unspecified atom stereocenters. The third-order valence-corrected chi connectivity index (χ3v) is 4.20. The number of methoxy groups -OCH3 is 1. The highest BCUT2D eigenvalue weighted by Crippen LogP contribution is 2.31. The molecule has 0 radical (unpaired) electrons. The van der Waals surface area contributed by atoms with Crippen LogP contribution in [0.1, 0.15) is 17.2 Å². The Morgan fingerprint density at radius 3 is 2.29 bits per heavy atom. The predicted molar refractivity (Wildman–Crippen MR) is 88.7 cm³/mol. The van der Waals surface area contributed by atoms with E-state index in [1.807, 2.05) is 48.5 Å². The highest BCUT2D eigenvalue weighted by atomic mass is 79.9. The highest BCUT2D eigenvalue weighted by molar-refractivity contribution is 9.10. The molecular formula is C18H15BrO2. The number of halogens is 1. The summed E-state index contributed by atoms with van der Waals surface area (Å²) >= 11 is 3.45. The summed E-state index contributed by atoms with van der Waals surface area (Å²) in [5.74, 6) is 0.754. The van der Waals surface area contributed by atoms with Gasteiger partial charge in [0.25, 0.3) is 0 Å². The van der Waals surface area contributed by atoms with Crippen LogP contribution >= 0.6 is 15.9 Å². The summed E-state index contributed by atoms with van der Waals surface area (Å²) in [7, 11) is 1.62. The van der Waals surface area contributed by atoms with Crippen LogP contribution in [0.3, 0.4) is 0 Å². The quantitative estimate of drug-likeness (QED) is 0.747. The Hall–Kier alpha value is -1.84. The van der Waals surface area contributed by atoms with E-state index in [1.165, 1.54) is 5.39 Å². The molecule has 1 atom stereocenters. The van der Waals surface area contributed by atoms with Crippen LogP contribution in [0.4, 0.5) is 0 Å². The van der Waals surface area contributed by atoms with E-state index in [0.29, 0.717) is 0 Å². The molecule has 0 amide bonds. The number of aliphatic hydroxyl groups excluding tert-OH is 1. The van der Waals surface area contributed by atoms with Crippen molar-refractivity contribution in [3.8, 4) is 5.75 Å². The summed E-state index contributed by atoms with van der Waals surface area (Å²) in [6.45, 7) is 0. The average Bonchev–Trinajstić information content (AvgIpc) is 2.53. The molecule has 3 aromatic carbocycles. The van der Waals surface area contributed by atoms with E-state index in [0.717, 1.165) is 26.7 Å².